The first-order valence-electron chi connectivity index (χ1n) is 5.02. The van der Waals surface area contributed by atoms with Gasteiger partial charge in [-0.1, -0.05) is 0 Å². The Hall–Kier alpha value is -1.81. The zero-order chi connectivity index (χ0) is 11.5. The summed E-state index contributed by atoms with van der Waals surface area (Å²) in [6.45, 7) is -0.0329. The Kier molecular flexibility index (Phi) is 2.92. The molecule has 0 spiro atoms. The number of aliphatic hydroxyl groups is 1. The van der Waals surface area contributed by atoms with Gasteiger partial charge in [-0.2, -0.15) is 5.10 Å². The molecule has 0 bridgehead atoms. The van der Waals surface area contributed by atoms with Gasteiger partial charge >= 0.3 is 0 Å². The second-order valence-corrected chi connectivity index (χ2v) is 3.52. The van der Waals surface area contributed by atoms with Crippen LogP contribution in [0.5, 0.6) is 5.75 Å². The molecule has 0 saturated heterocycles. The van der Waals surface area contributed by atoms with Crippen molar-refractivity contribution in [1.29, 1.82) is 0 Å². The van der Waals surface area contributed by atoms with E-state index in [1.165, 1.54) is 0 Å². The highest BCUT2D eigenvalue weighted by molar-refractivity contribution is 5.62. The zero-order valence-electron chi connectivity index (χ0n) is 9.34. The number of ether oxygens (including phenoxy) is 1. The molecule has 84 valence electrons. The summed E-state index contributed by atoms with van der Waals surface area (Å²) in [4.78, 5) is 0. The number of benzene rings is 1. The topological polar surface area (TPSA) is 47.3 Å². The maximum absolute atomic E-state index is 9.24. The molecule has 1 N–H and O–H groups in total. The van der Waals surface area contributed by atoms with Gasteiger partial charge in [0.2, 0.25) is 0 Å². The quantitative estimate of drug-likeness (QED) is 0.851. The largest absolute Gasteiger partial charge is 0.496 e. The van der Waals surface area contributed by atoms with Gasteiger partial charge in [-0.25, -0.2) is 0 Å². The predicted molar refractivity (Wildman–Crippen MR) is 61.1 cm³/mol. The third-order valence-corrected chi connectivity index (χ3v) is 2.57. The van der Waals surface area contributed by atoms with Crippen molar-refractivity contribution in [2.75, 3.05) is 7.11 Å². The molecule has 0 atom stereocenters. The summed E-state index contributed by atoms with van der Waals surface area (Å²) in [6, 6.07) is 7.65. The zero-order valence-corrected chi connectivity index (χ0v) is 9.34. The van der Waals surface area contributed by atoms with Crippen LogP contribution in [0.15, 0.2) is 30.5 Å². The Morgan fingerprint density at radius 2 is 2.19 bits per heavy atom. The van der Waals surface area contributed by atoms with Crippen LogP contribution in [0.2, 0.25) is 0 Å². The highest BCUT2D eigenvalue weighted by Gasteiger charge is 2.07. The summed E-state index contributed by atoms with van der Waals surface area (Å²) < 4.78 is 6.95. The van der Waals surface area contributed by atoms with Crippen LogP contribution in [0.25, 0.3) is 11.3 Å². The molecule has 0 radical (unpaired) electrons. The number of aryl methyl sites for hydroxylation is 1. The van der Waals surface area contributed by atoms with Crippen LogP contribution < -0.4 is 4.74 Å². The number of rotatable bonds is 3. The second-order valence-electron chi connectivity index (χ2n) is 3.52. The van der Waals surface area contributed by atoms with Gasteiger partial charge in [-0.15, -0.1) is 0 Å². The van der Waals surface area contributed by atoms with Crippen molar-refractivity contribution < 1.29 is 9.84 Å². The fourth-order valence-electron chi connectivity index (χ4n) is 1.72. The molecule has 4 heteroatoms. The highest BCUT2D eigenvalue weighted by Crippen LogP contribution is 2.26. The van der Waals surface area contributed by atoms with Crippen LogP contribution in [-0.4, -0.2) is 22.0 Å². The first-order valence-corrected chi connectivity index (χ1v) is 5.02. The summed E-state index contributed by atoms with van der Waals surface area (Å²) in [5.41, 5.74) is 2.81. The van der Waals surface area contributed by atoms with Crippen molar-refractivity contribution in [3.8, 4) is 17.0 Å². The lowest BCUT2D eigenvalue weighted by molar-refractivity contribution is 0.274. The van der Waals surface area contributed by atoms with Crippen LogP contribution in [0.3, 0.4) is 0 Å². The monoisotopic (exact) mass is 218 g/mol. The Bertz CT molecular complexity index is 492. The maximum Gasteiger partial charge on any atom is 0.124 e. The number of methoxy groups -OCH3 is 1. The average Bonchev–Trinajstić information content (AvgIpc) is 2.74. The SMILES string of the molecule is COc1ccc(-c2ccnn2C)cc1CO. The Morgan fingerprint density at radius 3 is 2.75 bits per heavy atom. The summed E-state index contributed by atoms with van der Waals surface area (Å²) in [7, 11) is 3.48. The molecule has 0 amide bonds. The van der Waals surface area contributed by atoms with Crippen molar-refractivity contribution in [2.24, 2.45) is 7.05 Å². The molecule has 1 aromatic carbocycles. The van der Waals surface area contributed by atoms with Crippen molar-refractivity contribution in [3.63, 3.8) is 0 Å². The van der Waals surface area contributed by atoms with E-state index in [9.17, 15) is 5.11 Å². The van der Waals surface area contributed by atoms with E-state index in [1.54, 1.807) is 18.0 Å². The van der Waals surface area contributed by atoms with Gasteiger partial charge in [0.05, 0.1) is 19.4 Å². The van der Waals surface area contributed by atoms with Gasteiger partial charge in [0.25, 0.3) is 0 Å². The van der Waals surface area contributed by atoms with E-state index in [0.29, 0.717) is 5.75 Å². The normalized spacial score (nSPS) is 10.4. The van der Waals surface area contributed by atoms with Gasteiger partial charge in [0.1, 0.15) is 5.75 Å². The third-order valence-electron chi connectivity index (χ3n) is 2.57. The smallest absolute Gasteiger partial charge is 0.124 e. The van der Waals surface area contributed by atoms with E-state index >= 15 is 0 Å². The first-order chi connectivity index (χ1) is 7.76. The molecule has 0 aliphatic carbocycles. The minimum absolute atomic E-state index is 0.0329. The number of nitrogens with zero attached hydrogens (tertiary/aromatic N) is 2. The summed E-state index contributed by atoms with van der Waals surface area (Å²) in [5.74, 6) is 0.702. The van der Waals surface area contributed by atoms with Crippen LogP contribution in [-0.2, 0) is 13.7 Å². The lowest BCUT2D eigenvalue weighted by Gasteiger charge is -2.09. The van der Waals surface area contributed by atoms with Crippen LogP contribution in [0, 0.1) is 0 Å². The van der Waals surface area contributed by atoms with Crippen molar-refractivity contribution in [3.05, 3.63) is 36.0 Å². The van der Waals surface area contributed by atoms with E-state index in [4.69, 9.17) is 4.74 Å². The van der Waals surface area contributed by atoms with E-state index in [1.807, 2.05) is 31.3 Å². The molecule has 1 aromatic heterocycles. The van der Waals surface area contributed by atoms with Crippen LogP contribution in [0.1, 0.15) is 5.56 Å². The first kappa shape index (κ1) is 10.7. The van der Waals surface area contributed by atoms with Crippen molar-refractivity contribution >= 4 is 0 Å². The van der Waals surface area contributed by atoms with Crippen LogP contribution >= 0.6 is 0 Å². The minimum atomic E-state index is -0.0329. The fourth-order valence-corrected chi connectivity index (χ4v) is 1.72. The Labute approximate surface area is 94.1 Å². The standard InChI is InChI=1S/C12H14N2O2/c1-14-11(5-6-13-14)9-3-4-12(16-2)10(7-9)8-15/h3-7,15H,8H2,1-2H3. The van der Waals surface area contributed by atoms with Gasteiger partial charge in [0.15, 0.2) is 0 Å². The lowest BCUT2D eigenvalue weighted by atomic mass is 10.1. The van der Waals surface area contributed by atoms with Crippen molar-refractivity contribution in [2.45, 2.75) is 6.61 Å². The number of hydrogen-bond acceptors (Lipinski definition) is 3. The van der Waals surface area contributed by atoms with E-state index in [-0.39, 0.29) is 6.61 Å². The third kappa shape index (κ3) is 1.79. The van der Waals surface area contributed by atoms with Gasteiger partial charge in [-0.3, -0.25) is 4.68 Å². The Morgan fingerprint density at radius 1 is 1.38 bits per heavy atom. The minimum Gasteiger partial charge on any atom is -0.496 e. The molecule has 2 rings (SSSR count). The van der Waals surface area contributed by atoms with Gasteiger partial charge in [-0.05, 0) is 24.3 Å². The molecule has 2 aromatic rings. The molecule has 1 heterocycles. The molecule has 0 saturated carbocycles. The molecular weight excluding hydrogens is 204 g/mol. The lowest BCUT2D eigenvalue weighted by Crippen LogP contribution is -1.96. The molecular formula is C12H14N2O2. The average molecular weight is 218 g/mol. The number of hydrogen-bond donors (Lipinski definition) is 1. The maximum atomic E-state index is 9.24. The highest BCUT2D eigenvalue weighted by atomic mass is 16.5. The molecule has 0 aliphatic rings. The molecule has 0 unspecified atom stereocenters. The summed E-state index contributed by atoms with van der Waals surface area (Å²) in [6.07, 6.45) is 1.75. The van der Waals surface area contributed by atoms with E-state index in [0.717, 1.165) is 16.8 Å². The summed E-state index contributed by atoms with van der Waals surface area (Å²) >= 11 is 0. The molecule has 16 heavy (non-hydrogen) atoms. The van der Waals surface area contributed by atoms with Gasteiger partial charge < -0.3 is 9.84 Å². The van der Waals surface area contributed by atoms with E-state index in [2.05, 4.69) is 5.10 Å². The Balaban J connectivity index is 2.48. The van der Waals surface area contributed by atoms with Gasteiger partial charge in [0, 0.05) is 24.4 Å². The molecule has 0 fully saturated rings. The second kappa shape index (κ2) is 4.37. The molecule has 4 nitrogen and oxygen atoms in total. The van der Waals surface area contributed by atoms with Crippen molar-refractivity contribution in [1.82, 2.24) is 9.78 Å². The summed E-state index contributed by atoms with van der Waals surface area (Å²) in [5, 5.41) is 13.4. The fraction of sp³-hybridized carbons (Fsp3) is 0.250. The van der Waals surface area contributed by atoms with Crippen LogP contribution in [0.4, 0.5) is 0 Å². The number of aliphatic hydroxyl groups excluding tert-OH is 1. The van der Waals surface area contributed by atoms with E-state index < -0.39 is 0 Å². The number of aromatic nitrogens is 2. The predicted octanol–water partition coefficient (Wildman–Crippen LogP) is 1.59. The molecule has 0 aliphatic heterocycles.